The first-order valence-corrected chi connectivity index (χ1v) is 11.2. The Kier molecular flexibility index (Phi) is 4.40. The standard InChI is InChI=1S/C19H17BrN4S2/c20-14-7-5-13(6-8-14)17-15(12-23-9-1-2-10-23)24-19(21-17)26-18(22-24)16-4-3-11-25-16/h3-8,11H,1-2,9-10,12H2. The highest BCUT2D eigenvalue weighted by molar-refractivity contribution is 9.10. The lowest BCUT2D eigenvalue weighted by molar-refractivity contribution is 0.325. The van der Waals surface area contributed by atoms with E-state index in [1.165, 1.54) is 23.4 Å². The van der Waals surface area contributed by atoms with E-state index < -0.39 is 0 Å². The zero-order chi connectivity index (χ0) is 17.5. The quantitative estimate of drug-likeness (QED) is 0.413. The predicted octanol–water partition coefficient (Wildman–Crippen LogP) is 5.54. The van der Waals surface area contributed by atoms with Gasteiger partial charge in [0.05, 0.1) is 16.3 Å². The lowest BCUT2D eigenvalue weighted by Gasteiger charge is -2.14. The molecule has 0 radical (unpaired) electrons. The number of fused-ring (bicyclic) bond motifs is 1. The van der Waals surface area contributed by atoms with Crippen molar-refractivity contribution in [3.8, 4) is 21.1 Å². The maximum absolute atomic E-state index is 4.97. The molecule has 3 aromatic heterocycles. The van der Waals surface area contributed by atoms with Gasteiger partial charge in [-0.1, -0.05) is 45.5 Å². The van der Waals surface area contributed by atoms with Crippen molar-refractivity contribution in [2.24, 2.45) is 0 Å². The summed E-state index contributed by atoms with van der Waals surface area (Å²) in [6.45, 7) is 3.23. The van der Waals surface area contributed by atoms with Gasteiger partial charge in [-0.15, -0.1) is 11.3 Å². The Hall–Kier alpha value is -1.54. The van der Waals surface area contributed by atoms with Crippen molar-refractivity contribution in [2.45, 2.75) is 19.4 Å². The van der Waals surface area contributed by atoms with Crippen molar-refractivity contribution >= 4 is 43.6 Å². The smallest absolute Gasteiger partial charge is 0.213 e. The molecule has 4 nitrogen and oxygen atoms in total. The average molecular weight is 445 g/mol. The van der Waals surface area contributed by atoms with Crippen molar-refractivity contribution in [2.75, 3.05) is 13.1 Å². The van der Waals surface area contributed by atoms with Crippen LogP contribution in [0.15, 0.2) is 46.3 Å². The van der Waals surface area contributed by atoms with Gasteiger partial charge in [-0.25, -0.2) is 9.50 Å². The highest BCUT2D eigenvalue weighted by Crippen LogP contribution is 2.34. The van der Waals surface area contributed by atoms with Crippen LogP contribution >= 0.6 is 38.6 Å². The Labute approximate surface area is 168 Å². The molecule has 0 aliphatic carbocycles. The highest BCUT2D eigenvalue weighted by atomic mass is 79.9. The summed E-state index contributed by atoms with van der Waals surface area (Å²) in [7, 11) is 0. The molecule has 0 bridgehead atoms. The van der Waals surface area contributed by atoms with Gasteiger partial charge in [-0.2, -0.15) is 5.10 Å². The number of nitrogens with zero attached hydrogens (tertiary/aromatic N) is 4. The lowest BCUT2D eigenvalue weighted by atomic mass is 10.1. The number of imidazole rings is 1. The molecule has 0 N–H and O–H groups in total. The number of likely N-dealkylation sites (tertiary alicyclic amines) is 1. The van der Waals surface area contributed by atoms with Gasteiger partial charge >= 0.3 is 0 Å². The van der Waals surface area contributed by atoms with Crippen molar-refractivity contribution in [3.05, 3.63) is 51.9 Å². The second-order valence-corrected chi connectivity index (χ2v) is 9.30. The van der Waals surface area contributed by atoms with Crippen molar-refractivity contribution < 1.29 is 0 Å². The molecular weight excluding hydrogens is 428 g/mol. The molecule has 7 heteroatoms. The van der Waals surface area contributed by atoms with Crippen LogP contribution in [0.3, 0.4) is 0 Å². The molecule has 1 aliphatic rings. The minimum Gasteiger partial charge on any atom is -0.297 e. The molecule has 1 aromatic carbocycles. The average Bonchev–Trinajstić information content (AvgIpc) is 3.42. The van der Waals surface area contributed by atoms with E-state index in [1.807, 2.05) is 0 Å². The van der Waals surface area contributed by atoms with E-state index in [0.717, 1.165) is 45.3 Å². The van der Waals surface area contributed by atoms with Gasteiger partial charge in [0.2, 0.25) is 4.96 Å². The minimum atomic E-state index is 0.903. The van der Waals surface area contributed by atoms with Gasteiger partial charge in [0, 0.05) is 16.6 Å². The summed E-state index contributed by atoms with van der Waals surface area (Å²) in [6, 6.07) is 12.6. The molecule has 0 spiro atoms. The fourth-order valence-electron chi connectivity index (χ4n) is 3.42. The summed E-state index contributed by atoms with van der Waals surface area (Å²) < 4.78 is 3.15. The molecule has 0 saturated carbocycles. The first kappa shape index (κ1) is 16.6. The number of rotatable bonds is 4. The fraction of sp³-hybridized carbons (Fsp3) is 0.263. The molecule has 5 rings (SSSR count). The third-order valence-corrected chi connectivity index (χ3v) is 7.19. The molecule has 1 saturated heterocycles. The van der Waals surface area contributed by atoms with Crippen LogP contribution in [0.4, 0.5) is 0 Å². The van der Waals surface area contributed by atoms with E-state index in [9.17, 15) is 0 Å². The van der Waals surface area contributed by atoms with Crippen LogP contribution in [-0.4, -0.2) is 32.6 Å². The largest absolute Gasteiger partial charge is 0.297 e. The second kappa shape index (κ2) is 6.88. The van der Waals surface area contributed by atoms with Gasteiger partial charge in [-0.3, -0.25) is 4.90 Å². The van der Waals surface area contributed by atoms with Crippen molar-refractivity contribution in [1.82, 2.24) is 19.5 Å². The van der Waals surface area contributed by atoms with Gasteiger partial charge < -0.3 is 0 Å². The Morgan fingerprint density at radius 1 is 1.08 bits per heavy atom. The second-order valence-electron chi connectivity index (χ2n) is 6.48. The van der Waals surface area contributed by atoms with E-state index in [4.69, 9.17) is 10.1 Å². The minimum absolute atomic E-state index is 0.903. The lowest BCUT2D eigenvalue weighted by Crippen LogP contribution is -2.20. The van der Waals surface area contributed by atoms with Gasteiger partial charge in [0.1, 0.15) is 0 Å². The monoisotopic (exact) mass is 444 g/mol. The molecule has 4 aromatic rings. The molecule has 132 valence electrons. The highest BCUT2D eigenvalue weighted by Gasteiger charge is 2.22. The fourth-order valence-corrected chi connectivity index (χ4v) is 5.40. The third kappa shape index (κ3) is 3.03. The maximum atomic E-state index is 4.97. The number of aromatic nitrogens is 3. The van der Waals surface area contributed by atoms with Gasteiger partial charge in [0.25, 0.3) is 0 Å². The number of halogens is 1. The van der Waals surface area contributed by atoms with Crippen LogP contribution in [0.1, 0.15) is 18.5 Å². The van der Waals surface area contributed by atoms with E-state index in [2.05, 4.69) is 67.1 Å². The van der Waals surface area contributed by atoms with Crippen LogP contribution in [0.5, 0.6) is 0 Å². The zero-order valence-corrected chi connectivity index (χ0v) is 17.3. The summed E-state index contributed by atoms with van der Waals surface area (Å²) in [5, 5.41) is 8.05. The van der Waals surface area contributed by atoms with Crippen molar-refractivity contribution in [3.63, 3.8) is 0 Å². The normalized spacial score (nSPS) is 15.3. The van der Waals surface area contributed by atoms with E-state index >= 15 is 0 Å². The Balaban J connectivity index is 1.63. The van der Waals surface area contributed by atoms with Gasteiger partial charge in [0.15, 0.2) is 5.01 Å². The maximum Gasteiger partial charge on any atom is 0.213 e. The zero-order valence-electron chi connectivity index (χ0n) is 14.1. The Morgan fingerprint density at radius 2 is 1.88 bits per heavy atom. The number of hydrogen-bond acceptors (Lipinski definition) is 5. The molecule has 1 fully saturated rings. The van der Waals surface area contributed by atoms with Crippen molar-refractivity contribution in [1.29, 1.82) is 0 Å². The summed E-state index contributed by atoms with van der Waals surface area (Å²) in [6.07, 6.45) is 2.57. The van der Waals surface area contributed by atoms with E-state index in [-0.39, 0.29) is 0 Å². The van der Waals surface area contributed by atoms with Crippen LogP contribution in [0.25, 0.3) is 26.1 Å². The first-order chi connectivity index (χ1) is 12.8. The molecule has 4 heterocycles. The summed E-state index contributed by atoms with van der Waals surface area (Å²) in [5.74, 6) is 0. The van der Waals surface area contributed by atoms with Crippen LogP contribution < -0.4 is 0 Å². The molecule has 0 unspecified atom stereocenters. The van der Waals surface area contributed by atoms with Crippen LogP contribution in [0, 0.1) is 0 Å². The summed E-state index contributed by atoms with van der Waals surface area (Å²) in [4.78, 5) is 9.66. The molecule has 1 aliphatic heterocycles. The number of thiophene rings is 1. The third-order valence-electron chi connectivity index (χ3n) is 4.72. The topological polar surface area (TPSA) is 33.4 Å². The molecule has 26 heavy (non-hydrogen) atoms. The number of benzene rings is 1. The van der Waals surface area contributed by atoms with Crippen LogP contribution in [0.2, 0.25) is 0 Å². The van der Waals surface area contributed by atoms with Crippen LogP contribution in [-0.2, 0) is 6.54 Å². The first-order valence-electron chi connectivity index (χ1n) is 8.68. The molecule has 0 atom stereocenters. The number of hydrogen-bond donors (Lipinski definition) is 0. The molecular formula is C19H17BrN4S2. The molecule has 0 amide bonds. The Bertz CT molecular complexity index is 1030. The summed E-state index contributed by atoms with van der Waals surface area (Å²) >= 11 is 6.92. The Morgan fingerprint density at radius 3 is 2.62 bits per heavy atom. The van der Waals surface area contributed by atoms with E-state index in [1.54, 1.807) is 22.7 Å². The summed E-state index contributed by atoms with van der Waals surface area (Å²) in [5.41, 5.74) is 3.40. The van der Waals surface area contributed by atoms with E-state index in [0.29, 0.717) is 0 Å². The SMILES string of the molecule is Brc1ccc(-c2nc3sc(-c4cccs4)nn3c2CN2CCCC2)cc1. The van der Waals surface area contributed by atoms with Gasteiger partial charge in [-0.05, 0) is 49.5 Å². The predicted molar refractivity (Wildman–Crippen MR) is 112 cm³/mol.